The normalized spacial score (nSPS) is 12.3. The van der Waals surface area contributed by atoms with Crippen LogP contribution in [0.4, 0.5) is 14.9 Å². The molecule has 0 saturated carbocycles. The molecule has 0 aliphatic rings. The van der Waals surface area contributed by atoms with Crippen LogP contribution < -0.4 is 26.0 Å². The van der Waals surface area contributed by atoms with Crippen LogP contribution in [0.1, 0.15) is 26.3 Å². The lowest BCUT2D eigenvalue weighted by Gasteiger charge is -2.18. The van der Waals surface area contributed by atoms with Crippen LogP contribution in [0.3, 0.4) is 0 Å². The lowest BCUT2D eigenvalue weighted by molar-refractivity contribution is 0.214. The van der Waals surface area contributed by atoms with Crippen LogP contribution >= 0.6 is 0 Å². The molecule has 7 nitrogen and oxygen atoms in total. The molecule has 0 radical (unpaired) electrons. The molecule has 0 bridgehead atoms. The predicted octanol–water partition coefficient (Wildman–Crippen LogP) is 3.49. The predicted molar refractivity (Wildman–Crippen MR) is 118 cm³/mol. The first-order valence-corrected chi connectivity index (χ1v) is 9.89. The minimum Gasteiger partial charge on any atom is -0.486 e. The number of anilines is 1. The Hall–Kier alpha value is -3.29. The number of urea groups is 1. The van der Waals surface area contributed by atoms with Crippen LogP contribution in [-0.2, 0) is 6.54 Å². The van der Waals surface area contributed by atoms with E-state index in [0.717, 1.165) is 11.3 Å². The molecule has 162 valence electrons. The number of guanidine groups is 1. The molecule has 8 heteroatoms. The maximum Gasteiger partial charge on any atom is 0.319 e. The number of aliphatic imine (C=N–C) groups is 1. The standard InChI is InChI=1S/C22H30FN5O2/c1-15(2)27-22(29)28-18-11-9-17(10-12-18)14-26-21(24-4)25-13-16(3)30-20-8-6-5-7-19(20)23/h5-12,15-16H,13-14H2,1-4H3,(H2,24,25,26)(H2,27,28,29). The molecule has 2 aromatic carbocycles. The molecule has 0 heterocycles. The monoisotopic (exact) mass is 415 g/mol. The van der Waals surface area contributed by atoms with Gasteiger partial charge in [0.2, 0.25) is 0 Å². The van der Waals surface area contributed by atoms with E-state index in [9.17, 15) is 9.18 Å². The fraction of sp³-hybridized carbons (Fsp3) is 0.364. The molecular formula is C22H30FN5O2. The van der Waals surface area contributed by atoms with Crippen molar-refractivity contribution in [2.75, 3.05) is 18.9 Å². The number of amides is 2. The number of hydrogen-bond donors (Lipinski definition) is 4. The number of nitrogens with zero attached hydrogens (tertiary/aromatic N) is 1. The van der Waals surface area contributed by atoms with Crippen molar-refractivity contribution in [1.82, 2.24) is 16.0 Å². The van der Waals surface area contributed by atoms with Crippen molar-refractivity contribution in [2.45, 2.75) is 39.5 Å². The van der Waals surface area contributed by atoms with E-state index in [1.54, 1.807) is 25.2 Å². The van der Waals surface area contributed by atoms with E-state index in [1.807, 2.05) is 45.0 Å². The van der Waals surface area contributed by atoms with E-state index in [1.165, 1.54) is 6.07 Å². The summed E-state index contributed by atoms with van der Waals surface area (Å²) in [4.78, 5) is 15.9. The van der Waals surface area contributed by atoms with E-state index < -0.39 is 0 Å². The highest BCUT2D eigenvalue weighted by Crippen LogP contribution is 2.16. The first-order chi connectivity index (χ1) is 14.4. The first-order valence-electron chi connectivity index (χ1n) is 9.89. The van der Waals surface area contributed by atoms with Crippen molar-refractivity contribution < 1.29 is 13.9 Å². The molecule has 4 N–H and O–H groups in total. The topological polar surface area (TPSA) is 86.8 Å². The molecule has 0 spiro atoms. The van der Waals surface area contributed by atoms with Crippen LogP contribution in [0.2, 0.25) is 0 Å². The van der Waals surface area contributed by atoms with Gasteiger partial charge in [0.25, 0.3) is 0 Å². The highest BCUT2D eigenvalue weighted by molar-refractivity contribution is 5.89. The van der Waals surface area contributed by atoms with E-state index in [0.29, 0.717) is 19.0 Å². The van der Waals surface area contributed by atoms with Gasteiger partial charge in [-0.2, -0.15) is 0 Å². The highest BCUT2D eigenvalue weighted by atomic mass is 19.1. The van der Waals surface area contributed by atoms with Gasteiger partial charge in [-0.15, -0.1) is 0 Å². The van der Waals surface area contributed by atoms with E-state index >= 15 is 0 Å². The third kappa shape index (κ3) is 7.98. The second kappa shape index (κ2) is 11.6. The summed E-state index contributed by atoms with van der Waals surface area (Å²) in [6.45, 7) is 6.68. The Kier molecular flexibility index (Phi) is 8.93. The highest BCUT2D eigenvalue weighted by Gasteiger charge is 2.09. The molecular weight excluding hydrogens is 385 g/mol. The van der Waals surface area contributed by atoms with Crippen molar-refractivity contribution >= 4 is 17.7 Å². The Labute approximate surface area is 177 Å². The summed E-state index contributed by atoms with van der Waals surface area (Å²) in [5.74, 6) is 0.453. The number of benzene rings is 2. The van der Waals surface area contributed by atoms with E-state index in [-0.39, 0.29) is 29.7 Å². The number of rotatable bonds is 8. The summed E-state index contributed by atoms with van der Waals surface area (Å²) >= 11 is 0. The summed E-state index contributed by atoms with van der Waals surface area (Å²) in [5, 5.41) is 11.9. The summed E-state index contributed by atoms with van der Waals surface area (Å²) in [7, 11) is 1.68. The van der Waals surface area contributed by atoms with E-state index in [4.69, 9.17) is 4.74 Å². The van der Waals surface area contributed by atoms with Gasteiger partial charge in [0, 0.05) is 25.3 Å². The van der Waals surface area contributed by atoms with Crippen LogP contribution in [0.5, 0.6) is 5.75 Å². The minimum atomic E-state index is -0.383. The molecule has 2 rings (SSSR count). The van der Waals surface area contributed by atoms with E-state index in [2.05, 4.69) is 26.3 Å². The molecule has 0 aliphatic carbocycles. The fourth-order valence-electron chi connectivity index (χ4n) is 2.58. The van der Waals surface area contributed by atoms with Crippen molar-refractivity contribution in [3.8, 4) is 5.75 Å². The minimum absolute atomic E-state index is 0.0764. The molecule has 2 amide bonds. The van der Waals surface area contributed by atoms with Crippen LogP contribution in [0.15, 0.2) is 53.5 Å². The van der Waals surface area contributed by atoms with Gasteiger partial charge in [-0.25, -0.2) is 9.18 Å². The molecule has 30 heavy (non-hydrogen) atoms. The Morgan fingerprint density at radius 2 is 1.77 bits per heavy atom. The number of para-hydroxylation sites is 1. The van der Waals surface area contributed by atoms with Crippen molar-refractivity contribution in [3.05, 3.63) is 59.9 Å². The van der Waals surface area contributed by atoms with Crippen molar-refractivity contribution in [3.63, 3.8) is 0 Å². The Morgan fingerprint density at radius 3 is 2.40 bits per heavy atom. The number of carbonyl (C=O) groups excluding carboxylic acids is 1. The molecule has 0 aromatic heterocycles. The van der Waals surface area contributed by atoms with Gasteiger partial charge in [0.1, 0.15) is 6.10 Å². The summed E-state index contributed by atoms with van der Waals surface area (Å²) in [5.41, 5.74) is 1.75. The average Bonchev–Trinajstić information content (AvgIpc) is 2.70. The summed E-state index contributed by atoms with van der Waals surface area (Å²) in [6, 6.07) is 13.7. The Bertz CT molecular complexity index is 840. The maximum absolute atomic E-state index is 13.7. The number of hydrogen-bond acceptors (Lipinski definition) is 3. The Morgan fingerprint density at radius 1 is 1.07 bits per heavy atom. The molecule has 1 atom stereocenters. The van der Waals surface area contributed by atoms with Gasteiger partial charge < -0.3 is 26.0 Å². The fourth-order valence-corrected chi connectivity index (χ4v) is 2.58. The zero-order valence-electron chi connectivity index (χ0n) is 17.8. The molecule has 0 fully saturated rings. The molecule has 1 unspecified atom stereocenters. The lowest BCUT2D eigenvalue weighted by Crippen LogP contribution is -2.41. The van der Waals surface area contributed by atoms with Gasteiger partial charge in [-0.1, -0.05) is 24.3 Å². The van der Waals surface area contributed by atoms with Gasteiger partial charge >= 0.3 is 6.03 Å². The van der Waals surface area contributed by atoms with Gasteiger partial charge in [-0.05, 0) is 50.6 Å². The van der Waals surface area contributed by atoms with Gasteiger partial charge in [0.05, 0.1) is 6.54 Å². The van der Waals surface area contributed by atoms with Crippen LogP contribution in [0, 0.1) is 5.82 Å². The molecule has 0 saturated heterocycles. The molecule has 0 aliphatic heterocycles. The SMILES string of the molecule is CN=C(NCc1ccc(NC(=O)NC(C)C)cc1)NCC(C)Oc1ccccc1F. The van der Waals surface area contributed by atoms with Gasteiger partial charge in [-0.3, -0.25) is 4.99 Å². The van der Waals surface area contributed by atoms with Crippen molar-refractivity contribution in [1.29, 1.82) is 0 Å². The lowest BCUT2D eigenvalue weighted by atomic mass is 10.2. The van der Waals surface area contributed by atoms with Crippen LogP contribution in [0.25, 0.3) is 0 Å². The average molecular weight is 416 g/mol. The first kappa shape index (κ1) is 23.0. The summed E-state index contributed by atoms with van der Waals surface area (Å²) < 4.78 is 19.3. The second-order valence-corrected chi connectivity index (χ2v) is 7.12. The third-order valence-electron chi connectivity index (χ3n) is 4.04. The van der Waals surface area contributed by atoms with Crippen LogP contribution in [-0.4, -0.2) is 37.7 Å². The number of carbonyl (C=O) groups is 1. The number of halogens is 1. The number of nitrogens with one attached hydrogen (secondary N) is 4. The van der Waals surface area contributed by atoms with Crippen molar-refractivity contribution in [2.24, 2.45) is 4.99 Å². The quantitative estimate of drug-likeness (QED) is 0.393. The molecule has 2 aromatic rings. The maximum atomic E-state index is 13.7. The van der Waals surface area contributed by atoms with Gasteiger partial charge in [0.15, 0.2) is 17.5 Å². The largest absolute Gasteiger partial charge is 0.486 e. The Balaban J connectivity index is 1.77. The number of ether oxygens (including phenoxy) is 1. The smallest absolute Gasteiger partial charge is 0.319 e. The second-order valence-electron chi connectivity index (χ2n) is 7.12. The zero-order chi connectivity index (χ0) is 21.9. The third-order valence-corrected chi connectivity index (χ3v) is 4.04. The summed E-state index contributed by atoms with van der Waals surface area (Å²) in [6.07, 6.45) is -0.247. The zero-order valence-corrected chi connectivity index (χ0v) is 17.8.